The van der Waals surface area contributed by atoms with Crippen LogP contribution >= 0.6 is 11.3 Å². The molecule has 0 fully saturated rings. The summed E-state index contributed by atoms with van der Waals surface area (Å²) >= 11 is 1.68. The summed E-state index contributed by atoms with van der Waals surface area (Å²) in [6.45, 7) is 0.705. The van der Waals surface area contributed by atoms with Gasteiger partial charge in [0.1, 0.15) is 5.75 Å². The van der Waals surface area contributed by atoms with Crippen molar-refractivity contribution in [3.8, 4) is 5.75 Å². The zero-order valence-corrected chi connectivity index (χ0v) is 13.9. The number of aliphatic hydroxyl groups excluding tert-OH is 1. The monoisotopic (exact) mass is 334 g/mol. The molecule has 23 heavy (non-hydrogen) atoms. The van der Waals surface area contributed by atoms with Crippen molar-refractivity contribution >= 4 is 23.1 Å². The number of methoxy groups -OCH3 is 1. The van der Waals surface area contributed by atoms with E-state index < -0.39 is 0 Å². The fraction of sp³-hybridized carbons (Fsp3) is 0.353. The molecule has 0 aliphatic heterocycles. The van der Waals surface area contributed by atoms with Gasteiger partial charge in [-0.15, -0.1) is 11.3 Å². The summed E-state index contributed by atoms with van der Waals surface area (Å²) in [6.07, 6.45) is 1.51. The van der Waals surface area contributed by atoms with E-state index in [2.05, 4.69) is 16.7 Å². The van der Waals surface area contributed by atoms with Crippen molar-refractivity contribution in [3.63, 3.8) is 0 Å². The first kappa shape index (κ1) is 17.3. The van der Waals surface area contributed by atoms with Gasteiger partial charge < -0.3 is 20.5 Å². The van der Waals surface area contributed by atoms with Gasteiger partial charge in [0.25, 0.3) is 0 Å². The van der Waals surface area contributed by atoms with Crippen molar-refractivity contribution in [2.75, 3.05) is 25.6 Å². The third-order valence-corrected chi connectivity index (χ3v) is 4.56. The zero-order valence-electron chi connectivity index (χ0n) is 13.1. The Balaban J connectivity index is 1.79. The number of amides is 2. The Labute approximate surface area is 140 Å². The minimum Gasteiger partial charge on any atom is -0.497 e. The van der Waals surface area contributed by atoms with E-state index >= 15 is 0 Å². The van der Waals surface area contributed by atoms with Gasteiger partial charge in [-0.2, -0.15) is 0 Å². The first-order valence-electron chi connectivity index (χ1n) is 7.56. The normalized spacial score (nSPS) is 11.7. The summed E-state index contributed by atoms with van der Waals surface area (Å²) in [7, 11) is 1.59. The summed E-state index contributed by atoms with van der Waals surface area (Å²) in [5.41, 5.74) is 0.687. The average Bonchev–Trinajstić information content (AvgIpc) is 3.08. The standard InChI is InChI=1S/C17H22N2O3S/c1-22-15-5-2-4-14(12-15)19-17(21)18-9-7-13(8-10-20)16-6-3-11-23-16/h2-6,11-13,20H,7-10H2,1H3,(H2,18,19,21)/t13-/m0/s1. The van der Waals surface area contributed by atoms with Gasteiger partial charge in [0.15, 0.2) is 0 Å². The van der Waals surface area contributed by atoms with Gasteiger partial charge >= 0.3 is 6.03 Å². The minimum atomic E-state index is -0.243. The molecule has 2 aromatic rings. The van der Waals surface area contributed by atoms with E-state index in [1.807, 2.05) is 29.6 Å². The Morgan fingerprint density at radius 3 is 2.87 bits per heavy atom. The van der Waals surface area contributed by atoms with Crippen molar-refractivity contribution in [1.82, 2.24) is 5.32 Å². The van der Waals surface area contributed by atoms with E-state index in [9.17, 15) is 9.90 Å². The maximum absolute atomic E-state index is 11.9. The molecular formula is C17H22N2O3S. The molecule has 1 aromatic carbocycles. The van der Waals surface area contributed by atoms with Crippen LogP contribution < -0.4 is 15.4 Å². The second-order valence-corrected chi connectivity index (χ2v) is 6.11. The van der Waals surface area contributed by atoms with Crippen molar-refractivity contribution < 1.29 is 14.6 Å². The molecule has 0 unspecified atom stereocenters. The van der Waals surface area contributed by atoms with Gasteiger partial charge in [-0.3, -0.25) is 0 Å². The number of carbonyl (C=O) groups excluding carboxylic acids is 1. The zero-order chi connectivity index (χ0) is 16.5. The maximum atomic E-state index is 11.9. The molecule has 3 N–H and O–H groups in total. The van der Waals surface area contributed by atoms with E-state index in [1.165, 1.54) is 4.88 Å². The van der Waals surface area contributed by atoms with E-state index in [0.717, 1.165) is 6.42 Å². The van der Waals surface area contributed by atoms with Gasteiger partial charge in [0, 0.05) is 29.8 Å². The minimum absolute atomic E-state index is 0.151. The second kappa shape index (κ2) is 9.17. The Hall–Kier alpha value is -2.05. The van der Waals surface area contributed by atoms with Crippen LogP contribution in [0.2, 0.25) is 0 Å². The molecule has 0 saturated heterocycles. The summed E-state index contributed by atoms with van der Waals surface area (Å²) in [6, 6.07) is 11.1. The van der Waals surface area contributed by atoms with Crippen molar-refractivity contribution in [3.05, 3.63) is 46.7 Å². The average molecular weight is 334 g/mol. The lowest BCUT2D eigenvalue weighted by molar-refractivity contribution is 0.250. The van der Waals surface area contributed by atoms with E-state index in [4.69, 9.17) is 4.74 Å². The van der Waals surface area contributed by atoms with Crippen LogP contribution in [0.25, 0.3) is 0 Å². The summed E-state index contributed by atoms with van der Waals surface area (Å²) in [5, 5.41) is 16.8. The number of ether oxygens (including phenoxy) is 1. The van der Waals surface area contributed by atoms with Gasteiger partial charge in [0.2, 0.25) is 0 Å². The van der Waals surface area contributed by atoms with Crippen LogP contribution in [0.1, 0.15) is 23.6 Å². The molecule has 2 rings (SSSR count). The number of aliphatic hydroxyl groups is 1. The molecule has 0 radical (unpaired) electrons. The lowest BCUT2D eigenvalue weighted by Crippen LogP contribution is -2.30. The Morgan fingerprint density at radius 2 is 2.17 bits per heavy atom. The molecule has 6 heteroatoms. The molecule has 1 atom stereocenters. The van der Waals surface area contributed by atoms with Crippen molar-refractivity contribution in [1.29, 1.82) is 0 Å². The van der Waals surface area contributed by atoms with Gasteiger partial charge in [0.05, 0.1) is 7.11 Å². The number of nitrogens with one attached hydrogen (secondary N) is 2. The smallest absolute Gasteiger partial charge is 0.319 e. The first-order valence-corrected chi connectivity index (χ1v) is 8.44. The van der Waals surface area contributed by atoms with Crippen LogP contribution in [0.3, 0.4) is 0 Å². The number of urea groups is 1. The highest BCUT2D eigenvalue weighted by molar-refractivity contribution is 7.10. The highest BCUT2D eigenvalue weighted by Gasteiger charge is 2.12. The van der Waals surface area contributed by atoms with Crippen LogP contribution in [-0.2, 0) is 0 Å². The molecule has 0 spiro atoms. The fourth-order valence-corrected chi connectivity index (χ4v) is 3.24. The topological polar surface area (TPSA) is 70.6 Å². The lowest BCUT2D eigenvalue weighted by Gasteiger charge is -2.15. The number of benzene rings is 1. The van der Waals surface area contributed by atoms with Crippen molar-refractivity contribution in [2.45, 2.75) is 18.8 Å². The number of anilines is 1. The van der Waals surface area contributed by atoms with Gasteiger partial charge in [-0.25, -0.2) is 4.79 Å². The molecule has 1 heterocycles. The highest BCUT2D eigenvalue weighted by atomic mass is 32.1. The molecule has 0 aliphatic rings. The van der Waals surface area contributed by atoms with Crippen LogP contribution in [0.5, 0.6) is 5.75 Å². The number of carbonyl (C=O) groups is 1. The fourth-order valence-electron chi connectivity index (χ4n) is 2.34. The quantitative estimate of drug-likeness (QED) is 0.692. The second-order valence-electron chi connectivity index (χ2n) is 5.13. The number of thiophene rings is 1. The first-order chi connectivity index (χ1) is 11.2. The predicted molar refractivity (Wildman–Crippen MR) is 93.4 cm³/mol. The number of hydrogen-bond acceptors (Lipinski definition) is 4. The van der Waals surface area contributed by atoms with Crippen LogP contribution in [0, 0.1) is 0 Å². The lowest BCUT2D eigenvalue weighted by atomic mass is 10.00. The van der Waals surface area contributed by atoms with Crippen LogP contribution in [0.15, 0.2) is 41.8 Å². The molecule has 0 bridgehead atoms. The summed E-state index contributed by atoms with van der Waals surface area (Å²) < 4.78 is 5.12. The Kier molecular flexibility index (Phi) is 6.90. The molecule has 2 amide bonds. The Morgan fingerprint density at radius 1 is 1.30 bits per heavy atom. The van der Waals surface area contributed by atoms with Gasteiger partial charge in [-0.1, -0.05) is 12.1 Å². The predicted octanol–water partition coefficient (Wildman–Crippen LogP) is 3.43. The number of hydrogen-bond donors (Lipinski definition) is 3. The molecule has 124 valence electrons. The SMILES string of the molecule is COc1cccc(NC(=O)NCC[C@@H](CCO)c2cccs2)c1. The Bertz CT molecular complexity index is 602. The van der Waals surface area contributed by atoms with E-state index in [0.29, 0.717) is 24.4 Å². The highest BCUT2D eigenvalue weighted by Crippen LogP contribution is 2.26. The number of rotatable bonds is 8. The third-order valence-electron chi connectivity index (χ3n) is 3.53. The molecular weight excluding hydrogens is 312 g/mol. The summed E-state index contributed by atoms with van der Waals surface area (Å²) in [4.78, 5) is 13.2. The van der Waals surface area contributed by atoms with Crippen molar-refractivity contribution in [2.24, 2.45) is 0 Å². The maximum Gasteiger partial charge on any atom is 0.319 e. The molecule has 5 nitrogen and oxygen atoms in total. The third kappa shape index (κ3) is 5.58. The molecule has 0 aliphatic carbocycles. The van der Waals surface area contributed by atoms with E-state index in [1.54, 1.807) is 24.5 Å². The summed E-state index contributed by atoms with van der Waals surface area (Å²) in [5.74, 6) is 0.973. The van der Waals surface area contributed by atoms with Crippen LogP contribution in [-0.4, -0.2) is 31.4 Å². The van der Waals surface area contributed by atoms with Gasteiger partial charge in [-0.05, 0) is 42.3 Å². The van der Waals surface area contributed by atoms with E-state index in [-0.39, 0.29) is 18.6 Å². The molecule has 1 aromatic heterocycles. The van der Waals surface area contributed by atoms with Crippen LogP contribution in [0.4, 0.5) is 10.5 Å². The molecule has 0 saturated carbocycles. The largest absolute Gasteiger partial charge is 0.497 e.